The second-order valence-corrected chi connectivity index (χ2v) is 1.07. The van der Waals surface area contributed by atoms with Gasteiger partial charge < -0.3 is 0 Å². The minimum absolute atomic E-state index is 0.254. The highest BCUT2D eigenvalue weighted by Crippen LogP contribution is 1.89. The highest BCUT2D eigenvalue weighted by Gasteiger charge is 1.80. The van der Waals surface area contributed by atoms with Crippen molar-refractivity contribution in [3.05, 3.63) is 30.0 Å². The van der Waals surface area contributed by atoms with Gasteiger partial charge in [0, 0.05) is 12.3 Å². The smallest absolute Gasteiger partial charge is 0.101 e. The van der Waals surface area contributed by atoms with E-state index in [4.69, 9.17) is 10.7 Å². The molecule has 0 radical (unpaired) electrons. The third-order valence-corrected chi connectivity index (χ3v) is 0.579. The first-order valence-corrected chi connectivity index (χ1v) is 1.92. The Kier molecular flexibility index (Phi) is 0.485. The molecular weight excluding hydrogens is 100 g/mol. The van der Waals surface area contributed by atoms with Gasteiger partial charge in [-0.1, -0.05) is 0 Å². The van der Waals surface area contributed by atoms with Gasteiger partial charge in [0.2, 0.25) is 0 Å². The van der Waals surface area contributed by atoms with Crippen LogP contribution >= 0.6 is 0 Å². The van der Waals surface area contributed by atoms with Crippen molar-refractivity contribution in [2.24, 2.45) is 0 Å². The van der Waals surface area contributed by atoms with Crippen LogP contribution in [0.3, 0.4) is 0 Å². The van der Waals surface area contributed by atoms with Gasteiger partial charge in [-0.25, -0.2) is 0 Å². The number of pyridine rings is 1. The Morgan fingerprint density at radius 3 is 3.50 bits per heavy atom. The maximum atomic E-state index is 8.44. The maximum absolute atomic E-state index is 8.44. The minimum atomic E-state index is -0.441. The average molecular weight is 108 g/mol. The van der Waals surface area contributed by atoms with Crippen molar-refractivity contribution < 1.29 is 5.48 Å². The normalized spacial score (nSPS) is 14.9. The van der Waals surface area contributed by atoms with Gasteiger partial charge in [0.25, 0.3) is 0 Å². The lowest BCUT2D eigenvalue weighted by molar-refractivity contribution is 1.30. The van der Waals surface area contributed by atoms with Crippen LogP contribution in [0.15, 0.2) is 24.4 Å². The molecule has 1 rings (SSSR count). The molecule has 2 nitrogen and oxygen atoms in total. The highest BCUT2D eigenvalue weighted by molar-refractivity contribution is 5.23. The largest absolute Gasteiger partial charge is 0.263 e. The second-order valence-electron chi connectivity index (χ2n) is 1.07. The van der Waals surface area contributed by atoms with Crippen molar-refractivity contribution in [1.82, 2.24) is 4.98 Å². The van der Waals surface area contributed by atoms with Crippen molar-refractivity contribution in [2.45, 2.75) is 0 Å². The topological polar surface area (TPSA) is 36.7 Å². The molecule has 1 heterocycles. The molecule has 0 N–H and O–H groups in total. The Bertz CT molecular complexity index is 369. The first kappa shape index (κ1) is 1.87. The third-order valence-electron chi connectivity index (χ3n) is 0.579. The predicted molar refractivity (Wildman–Crippen MR) is 29.0 cm³/mol. The lowest BCUT2D eigenvalue weighted by Gasteiger charge is -1.79. The first-order chi connectivity index (χ1) is 5.57. The summed E-state index contributed by atoms with van der Waals surface area (Å²) in [6, 6.07) is 0.776. The number of nitrogens with zero attached hydrogens (tertiary/aromatic N) is 2. The Labute approximate surface area is 53.0 Å². The van der Waals surface area contributed by atoms with Gasteiger partial charge in [0.05, 0.1) is 11.0 Å². The summed E-state index contributed by atoms with van der Waals surface area (Å²) in [7, 11) is 0. The van der Waals surface area contributed by atoms with Crippen molar-refractivity contribution >= 4 is 0 Å². The van der Waals surface area contributed by atoms with E-state index in [-0.39, 0.29) is 5.56 Å². The summed E-state index contributed by atoms with van der Waals surface area (Å²) >= 11 is 0. The standard InChI is InChI=1S/C6H4N2/c7-4-6-2-1-3-8-5-6/h1-3,5H/i1D,2D,3D,5D. The molecule has 8 heavy (non-hydrogen) atoms. The molecule has 0 aliphatic carbocycles. The van der Waals surface area contributed by atoms with Crippen molar-refractivity contribution in [1.29, 1.82) is 5.26 Å². The van der Waals surface area contributed by atoms with Gasteiger partial charge in [0.1, 0.15) is 6.07 Å². The summed E-state index contributed by atoms with van der Waals surface area (Å²) in [6.07, 6.45) is -0.854. The monoisotopic (exact) mass is 108 g/mol. The Hall–Kier alpha value is -1.36. The summed E-state index contributed by atoms with van der Waals surface area (Å²) in [4.78, 5) is 3.31. The molecule has 0 atom stereocenters. The van der Waals surface area contributed by atoms with Crippen molar-refractivity contribution in [3.63, 3.8) is 0 Å². The van der Waals surface area contributed by atoms with Crippen molar-refractivity contribution in [3.8, 4) is 6.07 Å². The van der Waals surface area contributed by atoms with Crippen LogP contribution in [0.2, 0.25) is 0 Å². The van der Waals surface area contributed by atoms with E-state index in [0.717, 1.165) is 0 Å². The summed E-state index contributed by atoms with van der Waals surface area (Å²) in [5.41, 5.74) is -0.254. The molecule has 0 aromatic carbocycles. The fourth-order valence-electron chi connectivity index (χ4n) is 0.283. The number of rotatable bonds is 0. The Morgan fingerprint density at radius 2 is 2.75 bits per heavy atom. The Balaban J connectivity index is 3.54. The first-order valence-electron chi connectivity index (χ1n) is 3.92. The molecule has 0 spiro atoms. The third kappa shape index (κ3) is 0.824. The summed E-state index contributed by atoms with van der Waals surface area (Å²) < 4.78 is 28.4. The van der Waals surface area contributed by atoms with E-state index in [1.54, 1.807) is 6.07 Å². The molecule has 1 aromatic rings. The van der Waals surface area contributed by atoms with E-state index in [1.807, 2.05) is 0 Å². The highest BCUT2D eigenvalue weighted by atomic mass is 14.6. The van der Waals surface area contributed by atoms with Gasteiger partial charge in [0.15, 0.2) is 0 Å². The molecule has 1 aromatic heterocycles. The number of aromatic nitrogens is 1. The molecule has 0 unspecified atom stereocenters. The Morgan fingerprint density at radius 1 is 1.88 bits per heavy atom. The maximum Gasteiger partial charge on any atom is 0.101 e. The zero-order valence-electron chi connectivity index (χ0n) is 7.89. The van der Waals surface area contributed by atoms with Gasteiger partial charge >= 0.3 is 0 Å². The van der Waals surface area contributed by atoms with Crippen LogP contribution in [0, 0.1) is 11.3 Å². The van der Waals surface area contributed by atoms with E-state index in [9.17, 15) is 0 Å². The average Bonchev–Trinajstić information content (AvgIpc) is 2.01. The van der Waals surface area contributed by atoms with Crippen LogP contribution < -0.4 is 0 Å². The molecular formula is C6H4N2. The van der Waals surface area contributed by atoms with Gasteiger partial charge in [-0.15, -0.1) is 0 Å². The fraction of sp³-hybridized carbons (Fsp3) is 0. The van der Waals surface area contributed by atoms with Gasteiger partial charge in [-0.05, 0) is 12.1 Å². The fourth-order valence-corrected chi connectivity index (χ4v) is 0.283. The zero-order valence-corrected chi connectivity index (χ0v) is 3.89. The number of hydrogen-bond donors (Lipinski definition) is 0. The van der Waals surface area contributed by atoms with Crippen molar-refractivity contribution in [2.75, 3.05) is 0 Å². The lowest BCUT2D eigenvalue weighted by Crippen LogP contribution is -1.72. The molecule has 0 aliphatic heterocycles. The van der Waals surface area contributed by atoms with E-state index in [2.05, 4.69) is 4.98 Å². The van der Waals surface area contributed by atoms with Gasteiger partial charge in [-0.3, -0.25) is 4.98 Å². The quantitative estimate of drug-likeness (QED) is 0.496. The molecule has 2 heteroatoms. The van der Waals surface area contributed by atoms with Crippen LogP contribution in [0.25, 0.3) is 0 Å². The zero-order chi connectivity index (χ0) is 9.30. The molecule has 0 aliphatic rings. The summed E-state index contributed by atoms with van der Waals surface area (Å²) in [5, 5.41) is 8.44. The summed E-state index contributed by atoms with van der Waals surface area (Å²) in [6.45, 7) is 0. The number of hydrogen-bond acceptors (Lipinski definition) is 2. The van der Waals surface area contributed by atoms with Crippen LogP contribution in [0.1, 0.15) is 11.0 Å². The summed E-state index contributed by atoms with van der Waals surface area (Å²) in [5.74, 6) is 0. The SMILES string of the molecule is [2H]c1nc([2H])c(C#N)c([2H])c1[2H]. The van der Waals surface area contributed by atoms with E-state index >= 15 is 0 Å². The van der Waals surface area contributed by atoms with Gasteiger partial charge in [-0.2, -0.15) is 5.26 Å². The lowest BCUT2D eigenvalue weighted by atomic mass is 10.3. The number of nitriles is 1. The van der Waals surface area contributed by atoms with Crippen LogP contribution in [0.5, 0.6) is 0 Å². The van der Waals surface area contributed by atoms with Crippen LogP contribution in [0.4, 0.5) is 0 Å². The van der Waals surface area contributed by atoms with E-state index in [0.29, 0.717) is 0 Å². The predicted octanol–water partition coefficient (Wildman–Crippen LogP) is 0.953. The van der Waals surface area contributed by atoms with E-state index in [1.165, 1.54) is 0 Å². The molecule has 38 valence electrons. The molecule has 0 saturated carbocycles. The van der Waals surface area contributed by atoms with Crippen LogP contribution in [-0.2, 0) is 0 Å². The molecule has 0 fully saturated rings. The second kappa shape index (κ2) is 2.08. The van der Waals surface area contributed by atoms with E-state index < -0.39 is 24.4 Å². The van der Waals surface area contributed by atoms with Crippen LogP contribution in [-0.4, -0.2) is 4.98 Å². The minimum Gasteiger partial charge on any atom is -0.263 e. The molecule has 0 bridgehead atoms. The molecule has 0 saturated heterocycles. The molecule has 0 amide bonds.